The topological polar surface area (TPSA) is 103 Å². The quantitative estimate of drug-likeness (QED) is 0.854. The molecule has 0 saturated heterocycles. The first-order valence-electron chi connectivity index (χ1n) is 6.28. The highest BCUT2D eigenvalue weighted by atomic mass is 32.2. The number of hydrogen-bond donors (Lipinski definition) is 1. The predicted molar refractivity (Wildman–Crippen MR) is 70.3 cm³/mol. The maximum atomic E-state index is 12.3. The second-order valence-corrected chi connectivity index (χ2v) is 6.08. The van der Waals surface area contributed by atoms with Crippen molar-refractivity contribution in [2.75, 3.05) is 0 Å². The molecule has 2 heterocycles. The first-order chi connectivity index (χ1) is 9.44. The Labute approximate surface area is 117 Å². The van der Waals surface area contributed by atoms with Crippen LogP contribution in [-0.4, -0.2) is 28.3 Å². The minimum Gasteiger partial charge on any atom is -0.338 e. The van der Waals surface area contributed by atoms with Crippen LogP contribution < -0.4 is 4.72 Å². The fourth-order valence-electron chi connectivity index (χ4n) is 1.76. The van der Waals surface area contributed by atoms with E-state index in [9.17, 15) is 8.42 Å². The van der Waals surface area contributed by atoms with Gasteiger partial charge >= 0.3 is 0 Å². The molecule has 0 unspecified atom stereocenters. The van der Waals surface area contributed by atoms with Crippen LogP contribution in [0.1, 0.15) is 38.0 Å². The van der Waals surface area contributed by atoms with E-state index in [0.29, 0.717) is 12.4 Å². The monoisotopic (exact) mass is 299 g/mol. The lowest BCUT2D eigenvalue weighted by atomic mass is 10.4. The van der Waals surface area contributed by atoms with Gasteiger partial charge in [-0.2, -0.15) is 14.8 Å². The van der Waals surface area contributed by atoms with Gasteiger partial charge in [-0.05, 0) is 26.3 Å². The largest absolute Gasteiger partial charge is 0.338 e. The van der Waals surface area contributed by atoms with Crippen molar-refractivity contribution in [2.45, 2.75) is 44.8 Å². The molecule has 0 saturated carbocycles. The number of sulfonamides is 1. The van der Waals surface area contributed by atoms with Gasteiger partial charge in [0.1, 0.15) is 0 Å². The normalized spacial score (nSPS) is 13.6. The predicted octanol–water partition coefficient (Wildman–Crippen LogP) is 1.02. The third kappa shape index (κ3) is 3.05. The molecule has 0 amide bonds. The number of nitrogens with zero attached hydrogens (tertiary/aromatic N) is 4. The minimum atomic E-state index is -3.69. The van der Waals surface area contributed by atoms with E-state index >= 15 is 0 Å². The summed E-state index contributed by atoms with van der Waals surface area (Å²) in [7, 11) is -3.69. The number of hydrogen-bond acceptors (Lipinski definition) is 6. The Kier molecular flexibility index (Phi) is 4.19. The number of rotatable bonds is 6. The molecular formula is C11H17N5O3S. The van der Waals surface area contributed by atoms with Crippen LogP contribution >= 0.6 is 0 Å². The average Bonchev–Trinajstić information content (AvgIpc) is 2.98. The van der Waals surface area contributed by atoms with E-state index in [0.717, 1.165) is 6.42 Å². The maximum absolute atomic E-state index is 12.3. The van der Waals surface area contributed by atoms with Crippen molar-refractivity contribution in [1.82, 2.24) is 24.6 Å². The van der Waals surface area contributed by atoms with Crippen LogP contribution in [0.3, 0.4) is 0 Å². The van der Waals surface area contributed by atoms with Gasteiger partial charge in [-0.1, -0.05) is 12.1 Å². The van der Waals surface area contributed by atoms with Gasteiger partial charge in [0.05, 0.1) is 12.2 Å². The molecule has 1 N–H and O–H groups in total. The van der Waals surface area contributed by atoms with Crippen LogP contribution in [0.2, 0.25) is 0 Å². The van der Waals surface area contributed by atoms with Crippen molar-refractivity contribution < 1.29 is 12.9 Å². The Balaban J connectivity index is 2.20. The number of aryl methyl sites for hydroxylation is 2. The molecule has 2 rings (SSSR count). The van der Waals surface area contributed by atoms with Crippen LogP contribution in [0, 0.1) is 6.92 Å². The molecular weight excluding hydrogens is 282 g/mol. The Morgan fingerprint density at radius 2 is 2.25 bits per heavy atom. The third-order valence-electron chi connectivity index (χ3n) is 2.63. The van der Waals surface area contributed by atoms with Crippen LogP contribution in [0.4, 0.5) is 0 Å². The van der Waals surface area contributed by atoms with E-state index in [-0.39, 0.29) is 10.9 Å². The lowest BCUT2D eigenvalue weighted by Crippen LogP contribution is -2.29. The van der Waals surface area contributed by atoms with Crippen LogP contribution in [0.25, 0.3) is 0 Å². The van der Waals surface area contributed by atoms with Gasteiger partial charge in [0, 0.05) is 6.54 Å². The second-order valence-electron chi connectivity index (χ2n) is 4.42. The summed E-state index contributed by atoms with van der Waals surface area (Å²) in [6.07, 6.45) is 2.26. The Morgan fingerprint density at radius 1 is 1.50 bits per heavy atom. The van der Waals surface area contributed by atoms with E-state index < -0.39 is 16.1 Å². The molecule has 2 aromatic heterocycles. The molecule has 0 fully saturated rings. The van der Waals surface area contributed by atoms with E-state index in [4.69, 9.17) is 4.52 Å². The average molecular weight is 299 g/mol. The Hall–Kier alpha value is -1.74. The molecule has 20 heavy (non-hydrogen) atoms. The molecule has 0 aliphatic heterocycles. The van der Waals surface area contributed by atoms with Crippen LogP contribution in [0.5, 0.6) is 0 Å². The zero-order valence-corrected chi connectivity index (χ0v) is 12.4. The highest BCUT2D eigenvalue weighted by molar-refractivity contribution is 7.89. The van der Waals surface area contributed by atoms with E-state index in [1.54, 1.807) is 13.8 Å². The maximum Gasteiger partial charge on any atom is 0.258 e. The van der Waals surface area contributed by atoms with Gasteiger partial charge in [0.25, 0.3) is 10.0 Å². The Morgan fingerprint density at radius 3 is 2.85 bits per heavy atom. The molecule has 9 heteroatoms. The molecule has 0 aliphatic rings. The van der Waals surface area contributed by atoms with Crippen molar-refractivity contribution in [3.05, 3.63) is 24.0 Å². The summed E-state index contributed by atoms with van der Waals surface area (Å²) in [6, 6.07) is 0.857. The highest BCUT2D eigenvalue weighted by Gasteiger charge is 2.24. The molecule has 2 aromatic rings. The number of aromatic nitrogens is 4. The molecule has 1 atom stereocenters. The summed E-state index contributed by atoms with van der Waals surface area (Å²) >= 11 is 0. The molecule has 0 bridgehead atoms. The van der Waals surface area contributed by atoms with Crippen molar-refractivity contribution in [1.29, 1.82) is 0 Å². The van der Waals surface area contributed by atoms with Gasteiger partial charge in [0.15, 0.2) is 10.9 Å². The summed E-state index contributed by atoms with van der Waals surface area (Å²) in [5.74, 6) is 0.690. The highest BCUT2D eigenvalue weighted by Crippen LogP contribution is 2.15. The molecule has 8 nitrogen and oxygen atoms in total. The minimum absolute atomic E-state index is 0.127. The first-order valence-corrected chi connectivity index (χ1v) is 7.76. The van der Waals surface area contributed by atoms with Crippen molar-refractivity contribution in [3.63, 3.8) is 0 Å². The molecule has 0 aromatic carbocycles. The van der Waals surface area contributed by atoms with Gasteiger partial charge in [0.2, 0.25) is 5.89 Å². The zero-order valence-electron chi connectivity index (χ0n) is 11.6. The lowest BCUT2D eigenvalue weighted by molar-refractivity contribution is 0.350. The van der Waals surface area contributed by atoms with E-state index in [2.05, 4.69) is 20.0 Å². The smallest absolute Gasteiger partial charge is 0.258 e. The van der Waals surface area contributed by atoms with E-state index in [1.807, 2.05) is 6.92 Å². The number of nitrogens with one attached hydrogen (secondary N) is 1. The van der Waals surface area contributed by atoms with E-state index in [1.165, 1.54) is 16.9 Å². The molecule has 0 spiro atoms. The van der Waals surface area contributed by atoms with Crippen molar-refractivity contribution in [3.8, 4) is 0 Å². The van der Waals surface area contributed by atoms with Gasteiger partial charge in [-0.25, -0.2) is 8.42 Å². The first kappa shape index (κ1) is 14.7. The van der Waals surface area contributed by atoms with Crippen molar-refractivity contribution in [2.24, 2.45) is 0 Å². The second kappa shape index (κ2) is 5.71. The Bertz CT molecular complexity index is 676. The van der Waals surface area contributed by atoms with Gasteiger partial charge < -0.3 is 4.52 Å². The zero-order chi connectivity index (χ0) is 14.8. The summed E-state index contributed by atoms with van der Waals surface area (Å²) in [6.45, 7) is 5.81. The van der Waals surface area contributed by atoms with Gasteiger partial charge in [-0.15, -0.1) is 0 Å². The summed E-state index contributed by atoms with van der Waals surface area (Å²) in [5.41, 5.74) is 0. The fraction of sp³-hybridized carbons (Fsp3) is 0.545. The SMILES string of the molecule is CCCn1nccc1S(=O)(=O)N[C@H](C)c1nc(C)no1. The van der Waals surface area contributed by atoms with Crippen LogP contribution in [0.15, 0.2) is 21.8 Å². The fourth-order valence-corrected chi connectivity index (χ4v) is 3.10. The third-order valence-corrected chi connectivity index (χ3v) is 4.20. The molecule has 110 valence electrons. The van der Waals surface area contributed by atoms with Crippen molar-refractivity contribution >= 4 is 10.0 Å². The molecule has 0 radical (unpaired) electrons. The standard InChI is InChI=1S/C11H17N5O3S/c1-4-7-16-10(5-6-12-16)20(17,18)15-8(2)11-13-9(3)14-19-11/h5-6,8,15H,4,7H2,1-3H3/t8-/m1/s1. The summed E-state index contributed by atoms with van der Waals surface area (Å²) < 4.78 is 33.5. The summed E-state index contributed by atoms with van der Waals surface area (Å²) in [4.78, 5) is 4.01. The lowest BCUT2D eigenvalue weighted by Gasteiger charge is -2.11. The van der Waals surface area contributed by atoms with Crippen LogP contribution in [-0.2, 0) is 16.6 Å². The van der Waals surface area contributed by atoms with Gasteiger partial charge in [-0.3, -0.25) is 4.68 Å². The summed E-state index contributed by atoms with van der Waals surface area (Å²) in [5, 5.41) is 7.77. The molecule has 0 aliphatic carbocycles.